The summed E-state index contributed by atoms with van der Waals surface area (Å²) in [6, 6.07) is 9.59. The zero-order valence-electron chi connectivity index (χ0n) is 11.7. The van der Waals surface area contributed by atoms with E-state index in [1.807, 2.05) is 18.2 Å². The van der Waals surface area contributed by atoms with Crippen molar-refractivity contribution in [2.45, 2.75) is 13.0 Å². The number of rotatable bonds is 2. The molecule has 0 aromatic heterocycles. The number of amides is 1. The fraction of sp³-hybridized carbons (Fsp3) is 0.188. The van der Waals surface area contributed by atoms with E-state index in [-0.39, 0.29) is 28.9 Å². The molecular weight excluding hydrogens is 326 g/mol. The van der Waals surface area contributed by atoms with Crippen LogP contribution in [0.2, 0.25) is 5.02 Å². The first-order chi connectivity index (χ1) is 10.1. The first-order valence-electron chi connectivity index (χ1n) is 6.72. The van der Waals surface area contributed by atoms with Crippen LogP contribution in [0.25, 0.3) is 0 Å². The summed E-state index contributed by atoms with van der Waals surface area (Å²) < 4.78 is 13.0. The van der Waals surface area contributed by atoms with E-state index in [1.54, 1.807) is 0 Å². The monoisotopic (exact) mass is 340 g/mol. The lowest BCUT2D eigenvalue weighted by Crippen LogP contribution is -2.23. The molecule has 0 bridgehead atoms. The van der Waals surface area contributed by atoms with E-state index in [0.29, 0.717) is 5.69 Å². The number of carbonyl (C=O) groups is 1. The summed E-state index contributed by atoms with van der Waals surface area (Å²) in [5.74, 6) is -0.805. The number of anilines is 1. The Kier molecular flexibility index (Phi) is 5.40. The van der Waals surface area contributed by atoms with E-state index < -0.39 is 5.82 Å². The van der Waals surface area contributed by atoms with E-state index in [1.165, 1.54) is 23.3 Å². The van der Waals surface area contributed by atoms with Crippen LogP contribution < -0.4 is 10.6 Å². The van der Waals surface area contributed by atoms with Gasteiger partial charge in [-0.1, -0.05) is 17.7 Å². The van der Waals surface area contributed by atoms with E-state index >= 15 is 0 Å². The number of nitrogens with one attached hydrogen (secondary N) is 2. The minimum absolute atomic E-state index is 0. The highest BCUT2D eigenvalue weighted by atomic mass is 35.5. The maximum absolute atomic E-state index is 13.0. The van der Waals surface area contributed by atoms with Crippen molar-refractivity contribution in [1.29, 1.82) is 0 Å². The van der Waals surface area contributed by atoms with Gasteiger partial charge in [-0.25, -0.2) is 4.39 Å². The number of benzene rings is 2. The summed E-state index contributed by atoms with van der Waals surface area (Å²) in [7, 11) is 0. The minimum Gasteiger partial charge on any atom is -0.322 e. The average Bonchev–Trinajstić information content (AvgIpc) is 2.47. The van der Waals surface area contributed by atoms with Crippen LogP contribution in [0, 0.1) is 5.82 Å². The molecule has 0 spiro atoms. The molecule has 1 aliphatic rings. The quantitative estimate of drug-likeness (QED) is 0.872. The van der Waals surface area contributed by atoms with E-state index in [0.717, 1.165) is 25.6 Å². The maximum Gasteiger partial charge on any atom is 0.257 e. The van der Waals surface area contributed by atoms with Gasteiger partial charge < -0.3 is 10.6 Å². The molecule has 1 amide bonds. The van der Waals surface area contributed by atoms with Gasteiger partial charge in [-0.05, 0) is 54.4 Å². The van der Waals surface area contributed by atoms with Crippen LogP contribution in [0.1, 0.15) is 21.5 Å². The molecule has 1 heterocycles. The zero-order chi connectivity index (χ0) is 14.8. The van der Waals surface area contributed by atoms with E-state index in [2.05, 4.69) is 10.6 Å². The van der Waals surface area contributed by atoms with Crippen LogP contribution in [0.4, 0.5) is 10.1 Å². The highest BCUT2D eigenvalue weighted by Gasteiger charge is 2.13. The second-order valence-electron chi connectivity index (χ2n) is 4.99. The normalized spacial score (nSPS) is 13.0. The fourth-order valence-corrected chi connectivity index (χ4v) is 2.68. The Hall–Kier alpha value is -1.62. The Labute approximate surface area is 139 Å². The minimum atomic E-state index is -0.462. The number of hydrogen-bond acceptors (Lipinski definition) is 2. The fourth-order valence-electron chi connectivity index (χ4n) is 2.43. The Morgan fingerprint density at radius 2 is 2.00 bits per heavy atom. The highest BCUT2D eigenvalue weighted by Crippen LogP contribution is 2.22. The molecule has 0 aliphatic carbocycles. The van der Waals surface area contributed by atoms with Gasteiger partial charge in [0.25, 0.3) is 5.91 Å². The van der Waals surface area contributed by atoms with E-state index in [4.69, 9.17) is 11.6 Å². The molecule has 2 aromatic carbocycles. The van der Waals surface area contributed by atoms with Crippen LogP contribution in [0.15, 0.2) is 36.4 Å². The lowest BCUT2D eigenvalue weighted by molar-refractivity contribution is 0.102. The van der Waals surface area contributed by atoms with Gasteiger partial charge in [-0.15, -0.1) is 12.4 Å². The smallest absolute Gasteiger partial charge is 0.257 e. The summed E-state index contributed by atoms with van der Waals surface area (Å²) in [5.41, 5.74) is 3.45. The number of carbonyl (C=O) groups excluding carboxylic acids is 1. The van der Waals surface area contributed by atoms with Gasteiger partial charge in [0.1, 0.15) is 5.82 Å². The van der Waals surface area contributed by atoms with Gasteiger partial charge in [0, 0.05) is 12.2 Å². The average molecular weight is 341 g/mol. The molecule has 0 unspecified atom stereocenters. The molecule has 2 N–H and O–H groups in total. The first kappa shape index (κ1) is 16.7. The maximum atomic E-state index is 13.0. The lowest BCUT2D eigenvalue weighted by atomic mass is 10.0. The predicted molar refractivity (Wildman–Crippen MR) is 88.5 cm³/mol. The molecule has 116 valence electrons. The summed E-state index contributed by atoms with van der Waals surface area (Å²) in [5, 5.41) is 6.19. The number of halogens is 3. The van der Waals surface area contributed by atoms with Crippen molar-refractivity contribution in [3.05, 3.63) is 63.9 Å². The molecular formula is C16H15Cl2FN2O. The standard InChI is InChI=1S/C16H14ClFN2O.ClH/c17-15-8-12(18)2-4-14(15)16(21)20-13-3-1-10-5-6-19-9-11(10)7-13;/h1-4,7-8,19H,5-6,9H2,(H,20,21);1H. The van der Waals surface area contributed by atoms with Gasteiger partial charge in [0.2, 0.25) is 0 Å². The Morgan fingerprint density at radius 1 is 1.18 bits per heavy atom. The van der Waals surface area contributed by atoms with Crippen molar-refractivity contribution < 1.29 is 9.18 Å². The summed E-state index contributed by atoms with van der Waals surface area (Å²) >= 11 is 5.90. The summed E-state index contributed by atoms with van der Waals surface area (Å²) in [6.07, 6.45) is 0.993. The van der Waals surface area contributed by atoms with Gasteiger partial charge in [0.15, 0.2) is 0 Å². The molecule has 0 saturated heterocycles. The topological polar surface area (TPSA) is 41.1 Å². The van der Waals surface area contributed by atoms with Gasteiger partial charge in [-0.3, -0.25) is 4.79 Å². The number of hydrogen-bond donors (Lipinski definition) is 2. The van der Waals surface area contributed by atoms with Crippen LogP contribution >= 0.6 is 24.0 Å². The highest BCUT2D eigenvalue weighted by molar-refractivity contribution is 6.34. The van der Waals surface area contributed by atoms with Crippen LogP contribution in [-0.4, -0.2) is 12.5 Å². The molecule has 2 aromatic rings. The molecule has 0 saturated carbocycles. The molecule has 3 rings (SSSR count). The van der Waals surface area contributed by atoms with Crippen molar-refractivity contribution in [2.24, 2.45) is 0 Å². The first-order valence-corrected chi connectivity index (χ1v) is 7.10. The van der Waals surface area contributed by atoms with Gasteiger partial charge in [0.05, 0.1) is 10.6 Å². The molecule has 3 nitrogen and oxygen atoms in total. The zero-order valence-corrected chi connectivity index (χ0v) is 13.2. The van der Waals surface area contributed by atoms with Crippen LogP contribution in [0.5, 0.6) is 0 Å². The molecule has 6 heteroatoms. The largest absolute Gasteiger partial charge is 0.322 e. The second-order valence-corrected chi connectivity index (χ2v) is 5.40. The Balaban J connectivity index is 0.00000176. The Morgan fingerprint density at radius 3 is 2.77 bits per heavy atom. The van der Waals surface area contributed by atoms with Crippen LogP contribution in [0.3, 0.4) is 0 Å². The van der Waals surface area contributed by atoms with Crippen molar-refractivity contribution >= 4 is 35.6 Å². The Bertz CT molecular complexity index is 707. The predicted octanol–water partition coefficient (Wildman–Crippen LogP) is 3.80. The molecule has 22 heavy (non-hydrogen) atoms. The third kappa shape index (κ3) is 3.58. The number of fused-ring (bicyclic) bond motifs is 1. The van der Waals surface area contributed by atoms with E-state index in [9.17, 15) is 9.18 Å². The molecule has 0 radical (unpaired) electrons. The molecule has 0 atom stereocenters. The summed E-state index contributed by atoms with van der Waals surface area (Å²) in [4.78, 5) is 12.2. The van der Waals surface area contributed by atoms with Crippen molar-refractivity contribution in [2.75, 3.05) is 11.9 Å². The third-order valence-electron chi connectivity index (χ3n) is 3.53. The summed E-state index contributed by atoms with van der Waals surface area (Å²) in [6.45, 7) is 1.78. The SMILES string of the molecule is Cl.O=C(Nc1ccc2c(c1)CNCC2)c1ccc(F)cc1Cl. The van der Waals surface area contributed by atoms with Gasteiger partial charge >= 0.3 is 0 Å². The third-order valence-corrected chi connectivity index (χ3v) is 3.84. The molecule has 1 aliphatic heterocycles. The lowest BCUT2D eigenvalue weighted by Gasteiger charge is -2.18. The second kappa shape index (κ2) is 7.09. The molecule has 0 fully saturated rings. The van der Waals surface area contributed by atoms with Crippen molar-refractivity contribution in [3.8, 4) is 0 Å². The van der Waals surface area contributed by atoms with Crippen LogP contribution in [-0.2, 0) is 13.0 Å². The van der Waals surface area contributed by atoms with Gasteiger partial charge in [-0.2, -0.15) is 0 Å². The van der Waals surface area contributed by atoms with Crippen molar-refractivity contribution in [3.63, 3.8) is 0 Å². The van der Waals surface area contributed by atoms with Crippen molar-refractivity contribution in [1.82, 2.24) is 5.32 Å².